The lowest BCUT2D eigenvalue weighted by molar-refractivity contribution is -0.131. The highest BCUT2D eigenvalue weighted by Gasteiger charge is 2.30. The number of ether oxygens (including phenoxy) is 1. The molecule has 3 aromatic rings. The zero-order valence-corrected chi connectivity index (χ0v) is 19.6. The summed E-state index contributed by atoms with van der Waals surface area (Å²) in [4.78, 5) is 14.4. The molecule has 32 heavy (non-hydrogen) atoms. The fourth-order valence-electron chi connectivity index (χ4n) is 3.57. The van der Waals surface area contributed by atoms with E-state index in [0.717, 1.165) is 22.6 Å². The first-order chi connectivity index (χ1) is 15.3. The third-order valence-corrected chi connectivity index (χ3v) is 8.80. The van der Waals surface area contributed by atoms with E-state index in [4.69, 9.17) is 9.26 Å². The molecule has 10 heteroatoms. The van der Waals surface area contributed by atoms with Gasteiger partial charge in [0.15, 0.2) is 0 Å². The van der Waals surface area contributed by atoms with E-state index in [9.17, 15) is 13.2 Å². The molecule has 0 aliphatic carbocycles. The van der Waals surface area contributed by atoms with Gasteiger partial charge in [0.05, 0.1) is 17.7 Å². The molecule has 0 atom stereocenters. The maximum Gasteiger partial charge on any atom is 0.252 e. The lowest BCUT2D eigenvalue weighted by atomic mass is 10.1. The second kappa shape index (κ2) is 9.43. The third kappa shape index (κ3) is 4.87. The van der Waals surface area contributed by atoms with E-state index in [-0.39, 0.29) is 12.3 Å². The summed E-state index contributed by atoms with van der Waals surface area (Å²) < 4.78 is 38.0. The van der Waals surface area contributed by atoms with Crippen molar-refractivity contribution in [3.63, 3.8) is 0 Å². The quantitative estimate of drug-likeness (QED) is 0.522. The molecule has 0 N–H and O–H groups in total. The van der Waals surface area contributed by atoms with Gasteiger partial charge in [-0.3, -0.25) is 4.79 Å². The fraction of sp³-hybridized carbons (Fsp3) is 0.364. The van der Waals surface area contributed by atoms with Crippen LogP contribution in [-0.2, 0) is 27.8 Å². The molecule has 0 saturated carbocycles. The Morgan fingerprint density at radius 1 is 1.12 bits per heavy atom. The predicted octanol–water partition coefficient (Wildman–Crippen LogP) is 3.01. The monoisotopic (exact) mass is 475 g/mol. The van der Waals surface area contributed by atoms with E-state index < -0.39 is 10.0 Å². The number of benzene rings is 1. The number of amides is 1. The van der Waals surface area contributed by atoms with Gasteiger partial charge in [0.25, 0.3) is 10.0 Å². The molecule has 0 bridgehead atoms. The van der Waals surface area contributed by atoms with Gasteiger partial charge in [-0.15, -0.1) is 11.3 Å². The summed E-state index contributed by atoms with van der Waals surface area (Å²) in [5.41, 5.74) is 2.63. The van der Waals surface area contributed by atoms with E-state index in [1.807, 2.05) is 38.1 Å². The maximum absolute atomic E-state index is 12.7. The van der Waals surface area contributed by atoms with Crippen molar-refractivity contribution < 1.29 is 22.5 Å². The molecule has 170 valence electrons. The van der Waals surface area contributed by atoms with Crippen molar-refractivity contribution >= 4 is 27.3 Å². The van der Waals surface area contributed by atoms with E-state index >= 15 is 0 Å². The molecule has 1 aromatic carbocycles. The van der Waals surface area contributed by atoms with Gasteiger partial charge in [0.2, 0.25) is 5.91 Å². The molecule has 8 nitrogen and oxygen atoms in total. The number of nitrogens with zero attached hydrogens (tertiary/aromatic N) is 3. The van der Waals surface area contributed by atoms with Gasteiger partial charge in [-0.1, -0.05) is 23.4 Å². The number of thiophene rings is 1. The Bertz CT molecular complexity index is 1140. The Balaban J connectivity index is 1.28. The number of sulfonamides is 1. The standard InChI is InChI=1S/C22H25N3O5S2/c1-16-20(17(2)30-23-16)15-29-19-7-5-18(6-8-19)14-21(26)24-9-11-25(12-10-24)32(27,28)22-4-3-13-31-22/h3-8,13H,9-12,14-15H2,1-2H3. The summed E-state index contributed by atoms with van der Waals surface area (Å²) in [7, 11) is -3.47. The zero-order chi connectivity index (χ0) is 22.7. The highest BCUT2D eigenvalue weighted by molar-refractivity contribution is 7.91. The second-order valence-electron chi connectivity index (χ2n) is 7.63. The van der Waals surface area contributed by atoms with Crippen LogP contribution < -0.4 is 4.74 Å². The zero-order valence-electron chi connectivity index (χ0n) is 18.0. The summed E-state index contributed by atoms with van der Waals surface area (Å²) >= 11 is 1.21. The second-order valence-corrected chi connectivity index (χ2v) is 10.7. The van der Waals surface area contributed by atoms with Crippen LogP contribution in [0.2, 0.25) is 0 Å². The average molecular weight is 476 g/mol. The number of carbonyl (C=O) groups is 1. The normalized spacial score (nSPS) is 15.1. The molecule has 0 unspecified atom stereocenters. The molecule has 1 fully saturated rings. The van der Waals surface area contributed by atoms with Crippen molar-refractivity contribution in [2.24, 2.45) is 0 Å². The topological polar surface area (TPSA) is 93.0 Å². The highest BCUT2D eigenvalue weighted by atomic mass is 32.2. The van der Waals surface area contributed by atoms with Gasteiger partial charge in [-0.05, 0) is 43.0 Å². The van der Waals surface area contributed by atoms with Gasteiger partial charge >= 0.3 is 0 Å². The summed E-state index contributed by atoms with van der Waals surface area (Å²) in [6.07, 6.45) is 0.266. The van der Waals surface area contributed by atoms with Gasteiger partial charge in [0.1, 0.15) is 22.3 Å². The van der Waals surface area contributed by atoms with E-state index in [1.54, 1.807) is 22.4 Å². The lowest BCUT2D eigenvalue weighted by Crippen LogP contribution is -2.50. The SMILES string of the molecule is Cc1noc(C)c1COc1ccc(CC(=O)N2CCN(S(=O)(=O)c3cccs3)CC2)cc1. The molecule has 3 heterocycles. The summed E-state index contributed by atoms with van der Waals surface area (Å²) in [5.74, 6) is 1.43. The Morgan fingerprint density at radius 3 is 2.44 bits per heavy atom. The van der Waals surface area contributed by atoms with Crippen LogP contribution in [0.5, 0.6) is 5.75 Å². The van der Waals surface area contributed by atoms with Crippen LogP contribution in [-0.4, -0.2) is 54.9 Å². The van der Waals surface area contributed by atoms with Crippen molar-refractivity contribution in [3.8, 4) is 5.75 Å². The first-order valence-corrected chi connectivity index (χ1v) is 12.6. The minimum atomic E-state index is -3.47. The molecule has 4 rings (SSSR count). The van der Waals surface area contributed by atoms with Crippen LogP contribution >= 0.6 is 11.3 Å². The van der Waals surface area contributed by atoms with Crippen LogP contribution in [0, 0.1) is 13.8 Å². The molecule has 0 radical (unpaired) electrons. The molecule has 0 spiro atoms. The van der Waals surface area contributed by atoms with Crippen LogP contribution in [0.4, 0.5) is 0 Å². The Labute approximate surface area is 191 Å². The first-order valence-electron chi connectivity index (χ1n) is 10.3. The van der Waals surface area contributed by atoms with Crippen molar-refractivity contribution in [1.82, 2.24) is 14.4 Å². The fourth-order valence-corrected chi connectivity index (χ4v) is 6.14. The van der Waals surface area contributed by atoms with E-state index in [2.05, 4.69) is 5.16 Å². The molecular weight excluding hydrogens is 450 g/mol. The van der Waals surface area contributed by atoms with Crippen molar-refractivity contribution in [2.75, 3.05) is 26.2 Å². The highest BCUT2D eigenvalue weighted by Crippen LogP contribution is 2.22. The van der Waals surface area contributed by atoms with Crippen LogP contribution in [0.1, 0.15) is 22.6 Å². The summed E-state index contributed by atoms with van der Waals surface area (Å²) in [5, 5.41) is 5.67. The van der Waals surface area contributed by atoms with Gasteiger partial charge in [-0.2, -0.15) is 4.31 Å². The van der Waals surface area contributed by atoms with Gasteiger partial charge in [-0.25, -0.2) is 8.42 Å². The predicted molar refractivity (Wildman–Crippen MR) is 120 cm³/mol. The Hall–Kier alpha value is -2.69. The van der Waals surface area contributed by atoms with E-state index in [1.165, 1.54) is 15.6 Å². The number of hydrogen-bond donors (Lipinski definition) is 0. The number of aryl methyl sites for hydroxylation is 2. The Kier molecular flexibility index (Phi) is 6.63. The van der Waals surface area contributed by atoms with Crippen molar-refractivity contribution in [3.05, 3.63) is 64.4 Å². The van der Waals surface area contributed by atoms with Crippen molar-refractivity contribution in [1.29, 1.82) is 0 Å². The maximum atomic E-state index is 12.7. The summed E-state index contributed by atoms with van der Waals surface area (Å²) in [6.45, 7) is 5.50. The van der Waals surface area contributed by atoms with Crippen LogP contribution in [0.25, 0.3) is 0 Å². The average Bonchev–Trinajstić information content (AvgIpc) is 3.44. The molecule has 1 aliphatic rings. The first kappa shape index (κ1) is 22.5. The van der Waals surface area contributed by atoms with Crippen molar-refractivity contribution in [2.45, 2.75) is 31.1 Å². The molecule has 1 amide bonds. The number of aromatic nitrogens is 1. The van der Waals surface area contributed by atoms with Crippen LogP contribution in [0.15, 0.2) is 50.5 Å². The van der Waals surface area contributed by atoms with Gasteiger partial charge in [0, 0.05) is 26.2 Å². The lowest BCUT2D eigenvalue weighted by Gasteiger charge is -2.33. The molecule has 1 saturated heterocycles. The smallest absolute Gasteiger partial charge is 0.252 e. The minimum Gasteiger partial charge on any atom is -0.489 e. The molecule has 2 aromatic heterocycles. The third-order valence-electron chi connectivity index (χ3n) is 5.52. The van der Waals surface area contributed by atoms with Crippen LogP contribution in [0.3, 0.4) is 0 Å². The number of carbonyl (C=O) groups excluding carboxylic acids is 1. The number of piperazine rings is 1. The summed E-state index contributed by atoms with van der Waals surface area (Å²) in [6, 6.07) is 10.8. The largest absolute Gasteiger partial charge is 0.489 e. The Morgan fingerprint density at radius 2 is 1.84 bits per heavy atom. The minimum absolute atomic E-state index is 0.0115. The molecule has 1 aliphatic heterocycles. The van der Waals surface area contributed by atoms with Gasteiger partial charge < -0.3 is 14.2 Å². The number of rotatable bonds is 7. The van der Waals surface area contributed by atoms with E-state index in [0.29, 0.717) is 42.7 Å². The molecular formula is C22H25N3O5S2. The number of hydrogen-bond acceptors (Lipinski definition) is 7.